The lowest BCUT2D eigenvalue weighted by molar-refractivity contribution is -0.139. The first-order valence-electron chi connectivity index (χ1n) is 11.7. The Bertz CT molecular complexity index is 1330. The maximum absolute atomic E-state index is 13.3. The maximum atomic E-state index is 13.3. The van der Waals surface area contributed by atoms with Crippen LogP contribution in [0.2, 0.25) is 0 Å². The lowest BCUT2D eigenvalue weighted by Crippen LogP contribution is -2.31. The Kier molecular flexibility index (Phi) is 7.67. The molecule has 1 saturated heterocycles. The van der Waals surface area contributed by atoms with Gasteiger partial charge in [-0.2, -0.15) is 0 Å². The van der Waals surface area contributed by atoms with Crippen molar-refractivity contribution in [2.24, 2.45) is 0 Å². The second kappa shape index (κ2) is 11.1. The molecule has 1 amide bonds. The number of rotatable bonds is 9. The van der Waals surface area contributed by atoms with E-state index in [4.69, 9.17) is 18.9 Å². The van der Waals surface area contributed by atoms with Gasteiger partial charge >= 0.3 is 0 Å². The SMILES string of the molecule is COc1ccc(C2/C(=C(\O)c3cccc(OC)c3)C(=O)C(=O)N2CCc2ccc(OC)c(OC)c2)cc1. The number of ketones is 1. The van der Waals surface area contributed by atoms with Crippen LogP contribution < -0.4 is 18.9 Å². The Morgan fingerprint density at radius 2 is 1.51 bits per heavy atom. The van der Waals surface area contributed by atoms with Crippen LogP contribution in [0.1, 0.15) is 22.7 Å². The Morgan fingerprint density at radius 3 is 2.16 bits per heavy atom. The summed E-state index contributed by atoms with van der Waals surface area (Å²) in [6, 6.07) is 18.6. The van der Waals surface area contributed by atoms with Crippen molar-refractivity contribution >= 4 is 17.4 Å². The molecule has 1 heterocycles. The van der Waals surface area contributed by atoms with E-state index in [9.17, 15) is 14.7 Å². The van der Waals surface area contributed by atoms with E-state index >= 15 is 0 Å². The first-order chi connectivity index (χ1) is 17.9. The Morgan fingerprint density at radius 1 is 0.811 bits per heavy atom. The molecule has 1 unspecified atom stereocenters. The van der Waals surface area contributed by atoms with E-state index < -0.39 is 17.7 Å². The standard InChI is InChI=1S/C29H29NO7/c1-34-21-11-9-19(10-12-21)26-25(27(31)20-6-5-7-22(17-20)35-2)28(32)29(33)30(26)15-14-18-8-13-23(36-3)24(16-18)37-4/h5-13,16-17,26,31H,14-15H2,1-4H3/b27-25+. The van der Waals surface area contributed by atoms with E-state index in [1.54, 1.807) is 75.9 Å². The summed E-state index contributed by atoms with van der Waals surface area (Å²) in [5, 5.41) is 11.3. The van der Waals surface area contributed by atoms with Gasteiger partial charge in [0, 0.05) is 12.1 Å². The van der Waals surface area contributed by atoms with Crippen molar-refractivity contribution in [3.8, 4) is 23.0 Å². The Hall–Kier alpha value is -4.46. The number of Topliss-reactive ketones (excluding diaryl/α,β-unsaturated/α-hetero) is 1. The van der Waals surface area contributed by atoms with E-state index in [-0.39, 0.29) is 17.9 Å². The lowest BCUT2D eigenvalue weighted by atomic mass is 9.95. The molecule has 8 heteroatoms. The van der Waals surface area contributed by atoms with Gasteiger partial charge in [0.25, 0.3) is 11.7 Å². The van der Waals surface area contributed by atoms with Crippen LogP contribution in [0.25, 0.3) is 5.76 Å². The van der Waals surface area contributed by atoms with Gasteiger partial charge in [0.2, 0.25) is 0 Å². The van der Waals surface area contributed by atoms with Crippen LogP contribution in [0.4, 0.5) is 0 Å². The van der Waals surface area contributed by atoms with Gasteiger partial charge in [0.15, 0.2) is 11.5 Å². The Labute approximate surface area is 215 Å². The molecular weight excluding hydrogens is 474 g/mol. The van der Waals surface area contributed by atoms with Gasteiger partial charge in [-0.15, -0.1) is 0 Å². The summed E-state index contributed by atoms with van der Waals surface area (Å²) in [6.07, 6.45) is 0.458. The van der Waals surface area contributed by atoms with Crippen LogP contribution in [-0.4, -0.2) is 56.7 Å². The molecule has 4 rings (SSSR count). The fraction of sp³-hybridized carbons (Fsp3) is 0.241. The number of aliphatic hydroxyl groups is 1. The fourth-order valence-electron chi connectivity index (χ4n) is 4.45. The smallest absolute Gasteiger partial charge is 0.295 e. The molecule has 3 aromatic rings. The van der Waals surface area contributed by atoms with Crippen molar-refractivity contribution in [2.75, 3.05) is 35.0 Å². The van der Waals surface area contributed by atoms with Gasteiger partial charge in [0.05, 0.1) is 40.1 Å². The van der Waals surface area contributed by atoms with Crippen LogP contribution in [0.15, 0.2) is 72.3 Å². The molecule has 0 radical (unpaired) electrons. The fourth-order valence-corrected chi connectivity index (χ4v) is 4.45. The highest BCUT2D eigenvalue weighted by molar-refractivity contribution is 6.46. The zero-order chi connectivity index (χ0) is 26.5. The predicted molar refractivity (Wildman–Crippen MR) is 138 cm³/mol. The number of hydrogen-bond acceptors (Lipinski definition) is 7. The van der Waals surface area contributed by atoms with Crippen LogP contribution >= 0.6 is 0 Å². The van der Waals surface area contributed by atoms with Crippen molar-refractivity contribution in [1.29, 1.82) is 0 Å². The highest BCUT2D eigenvalue weighted by Crippen LogP contribution is 2.40. The summed E-state index contributed by atoms with van der Waals surface area (Å²) in [7, 11) is 6.20. The second-order valence-corrected chi connectivity index (χ2v) is 8.44. The van der Waals surface area contributed by atoms with Gasteiger partial charge < -0.3 is 29.0 Å². The summed E-state index contributed by atoms with van der Waals surface area (Å²) in [4.78, 5) is 28.0. The molecule has 1 aliphatic heterocycles. The molecule has 37 heavy (non-hydrogen) atoms. The number of likely N-dealkylation sites (tertiary alicyclic amines) is 1. The van der Waals surface area contributed by atoms with Gasteiger partial charge in [-0.3, -0.25) is 9.59 Å². The maximum Gasteiger partial charge on any atom is 0.295 e. The topological polar surface area (TPSA) is 94.5 Å². The molecule has 1 fully saturated rings. The largest absolute Gasteiger partial charge is 0.507 e. The molecule has 192 valence electrons. The minimum absolute atomic E-state index is 0.0238. The van der Waals surface area contributed by atoms with E-state index in [0.717, 1.165) is 5.56 Å². The average Bonchev–Trinajstić information content (AvgIpc) is 3.20. The molecule has 1 atom stereocenters. The molecule has 0 spiro atoms. The predicted octanol–water partition coefficient (Wildman–Crippen LogP) is 4.39. The normalized spacial score (nSPS) is 16.5. The van der Waals surface area contributed by atoms with Crippen LogP contribution in [0, 0.1) is 0 Å². The second-order valence-electron chi connectivity index (χ2n) is 8.44. The van der Waals surface area contributed by atoms with Crippen LogP contribution in [-0.2, 0) is 16.0 Å². The number of carbonyl (C=O) groups is 2. The number of hydrogen-bond donors (Lipinski definition) is 1. The Balaban J connectivity index is 1.75. The van der Waals surface area contributed by atoms with E-state index in [2.05, 4.69) is 0 Å². The number of aliphatic hydroxyl groups excluding tert-OH is 1. The molecular formula is C29H29NO7. The number of nitrogens with zero attached hydrogens (tertiary/aromatic N) is 1. The molecule has 0 aliphatic carbocycles. The number of carbonyl (C=O) groups excluding carboxylic acids is 2. The molecule has 0 aromatic heterocycles. The van der Waals surface area contributed by atoms with Crippen molar-refractivity contribution < 1.29 is 33.6 Å². The third-order valence-corrected chi connectivity index (χ3v) is 6.40. The minimum Gasteiger partial charge on any atom is -0.507 e. The summed E-state index contributed by atoms with van der Waals surface area (Å²) in [5.41, 5.74) is 1.99. The van der Waals surface area contributed by atoms with Gasteiger partial charge in [0.1, 0.15) is 17.3 Å². The lowest BCUT2D eigenvalue weighted by Gasteiger charge is -2.25. The summed E-state index contributed by atoms with van der Waals surface area (Å²) < 4.78 is 21.2. The first-order valence-corrected chi connectivity index (χ1v) is 11.7. The number of benzene rings is 3. The van der Waals surface area contributed by atoms with Crippen LogP contribution in [0.5, 0.6) is 23.0 Å². The molecule has 3 aromatic carbocycles. The molecule has 8 nitrogen and oxygen atoms in total. The quantitative estimate of drug-likeness (QED) is 0.263. The van der Waals surface area contributed by atoms with E-state index in [1.165, 1.54) is 12.0 Å². The van der Waals surface area contributed by atoms with Gasteiger partial charge in [-0.05, 0) is 53.9 Å². The third-order valence-electron chi connectivity index (χ3n) is 6.40. The van der Waals surface area contributed by atoms with E-state index in [0.29, 0.717) is 40.5 Å². The minimum atomic E-state index is -0.780. The highest BCUT2D eigenvalue weighted by atomic mass is 16.5. The van der Waals surface area contributed by atoms with Crippen molar-refractivity contribution in [1.82, 2.24) is 4.90 Å². The van der Waals surface area contributed by atoms with Gasteiger partial charge in [-0.1, -0.05) is 30.3 Å². The zero-order valence-electron chi connectivity index (χ0n) is 21.2. The molecule has 0 saturated carbocycles. The van der Waals surface area contributed by atoms with E-state index in [1.807, 2.05) is 12.1 Å². The molecule has 1 N–H and O–H groups in total. The van der Waals surface area contributed by atoms with Crippen molar-refractivity contribution in [3.63, 3.8) is 0 Å². The number of amides is 1. The highest BCUT2D eigenvalue weighted by Gasteiger charge is 2.45. The molecule has 0 bridgehead atoms. The first kappa shape index (κ1) is 25.6. The zero-order valence-corrected chi connectivity index (χ0v) is 21.2. The van der Waals surface area contributed by atoms with Crippen molar-refractivity contribution in [2.45, 2.75) is 12.5 Å². The molecule has 1 aliphatic rings. The van der Waals surface area contributed by atoms with Crippen molar-refractivity contribution in [3.05, 3.63) is 89.0 Å². The monoisotopic (exact) mass is 503 g/mol. The summed E-state index contributed by atoms with van der Waals surface area (Å²) >= 11 is 0. The summed E-state index contributed by atoms with van der Waals surface area (Å²) in [5.74, 6) is 0.660. The van der Waals surface area contributed by atoms with Gasteiger partial charge in [-0.25, -0.2) is 0 Å². The third kappa shape index (κ3) is 5.09. The summed E-state index contributed by atoms with van der Waals surface area (Å²) in [6.45, 7) is 0.242. The van der Waals surface area contributed by atoms with Crippen LogP contribution in [0.3, 0.4) is 0 Å². The number of methoxy groups -OCH3 is 4. The average molecular weight is 504 g/mol. The number of ether oxygens (including phenoxy) is 4.